The molecule has 3 aromatic rings. The third-order valence-electron chi connectivity index (χ3n) is 3.96. The smallest absolute Gasteiger partial charge is 0.258 e. The lowest BCUT2D eigenvalue weighted by atomic mass is 10.2. The molecule has 3 heterocycles. The number of aromatic nitrogens is 3. The van der Waals surface area contributed by atoms with Crippen LogP contribution >= 0.6 is 0 Å². The van der Waals surface area contributed by atoms with Crippen LogP contribution in [0.15, 0.2) is 45.4 Å². The first-order chi connectivity index (χ1) is 11.8. The fourth-order valence-electron chi connectivity index (χ4n) is 2.78. The van der Waals surface area contributed by atoms with Crippen LogP contribution in [0.25, 0.3) is 11.5 Å². The van der Waals surface area contributed by atoms with Crippen LogP contribution in [-0.2, 0) is 11.3 Å². The fourth-order valence-corrected chi connectivity index (χ4v) is 2.78. The highest BCUT2D eigenvalue weighted by Crippen LogP contribution is 2.24. The second kappa shape index (κ2) is 6.54. The van der Waals surface area contributed by atoms with Crippen LogP contribution in [0.4, 0.5) is 0 Å². The van der Waals surface area contributed by atoms with Crippen molar-refractivity contribution in [2.75, 3.05) is 19.7 Å². The molecule has 1 aliphatic heterocycles. The summed E-state index contributed by atoms with van der Waals surface area (Å²) in [7, 11) is 0. The lowest BCUT2D eigenvalue weighted by Crippen LogP contribution is -2.38. The molecule has 7 heteroatoms. The Bertz CT molecular complexity index is 799. The van der Waals surface area contributed by atoms with Gasteiger partial charge in [-0.05, 0) is 19.1 Å². The second-order valence-corrected chi connectivity index (χ2v) is 5.85. The van der Waals surface area contributed by atoms with Gasteiger partial charge in [-0.1, -0.05) is 28.5 Å². The van der Waals surface area contributed by atoms with E-state index in [9.17, 15) is 0 Å². The van der Waals surface area contributed by atoms with Gasteiger partial charge in [-0.25, -0.2) is 0 Å². The van der Waals surface area contributed by atoms with Gasteiger partial charge in [0.15, 0.2) is 5.76 Å². The van der Waals surface area contributed by atoms with Crippen molar-refractivity contribution in [1.82, 2.24) is 20.2 Å². The summed E-state index contributed by atoms with van der Waals surface area (Å²) in [6.45, 7) is 4.75. The first-order valence-electron chi connectivity index (χ1n) is 7.93. The maximum Gasteiger partial charge on any atom is 0.258 e. The van der Waals surface area contributed by atoms with E-state index in [1.807, 2.05) is 43.3 Å². The van der Waals surface area contributed by atoms with Crippen LogP contribution in [-0.4, -0.2) is 39.9 Å². The molecule has 1 unspecified atom stereocenters. The predicted octanol–water partition coefficient (Wildman–Crippen LogP) is 2.61. The van der Waals surface area contributed by atoms with Gasteiger partial charge in [0, 0.05) is 24.7 Å². The zero-order chi connectivity index (χ0) is 16.4. The van der Waals surface area contributed by atoms with Crippen molar-refractivity contribution < 1.29 is 13.8 Å². The number of rotatable bonds is 4. The summed E-state index contributed by atoms with van der Waals surface area (Å²) in [5.41, 5.74) is 1.79. The van der Waals surface area contributed by atoms with Gasteiger partial charge < -0.3 is 13.8 Å². The molecule has 1 fully saturated rings. The maximum absolute atomic E-state index is 5.81. The van der Waals surface area contributed by atoms with Crippen LogP contribution in [0.5, 0.6) is 0 Å². The number of aryl methyl sites for hydroxylation is 1. The second-order valence-electron chi connectivity index (χ2n) is 5.85. The first kappa shape index (κ1) is 15.0. The van der Waals surface area contributed by atoms with Crippen molar-refractivity contribution in [3.05, 3.63) is 53.7 Å². The summed E-state index contributed by atoms with van der Waals surface area (Å²) < 4.78 is 16.5. The Morgan fingerprint density at radius 2 is 2.04 bits per heavy atom. The molecule has 0 saturated carbocycles. The molecule has 1 atom stereocenters. The highest BCUT2D eigenvalue weighted by Gasteiger charge is 2.27. The number of hydrogen-bond acceptors (Lipinski definition) is 7. The Morgan fingerprint density at radius 3 is 2.83 bits per heavy atom. The van der Waals surface area contributed by atoms with Gasteiger partial charge in [-0.3, -0.25) is 4.90 Å². The topological polar surface area (TPSA) is 77.4 Å². The van der Waals surface area contributed by atoms with Gasteiger partial charge >= 0.3 is 0 Å². The van der Waals surface area contributed by atoms with E-state index in [2.05, 4.69) is 20.2 Å². The van der Waals surface area contributed by atoms with Gasteiger partial charge in [-0.15, -0.1) is 0 Å². The Hall–Kier alpha value is -2.51. The molecule has 0 radical (unpaired) electrons. The molecule has 0 spiro atoms. The molecule has 24 heavy (non-hydrogen) atoms. The first-order valence-corrected chi connectivity index (χ1v) is 7.93. The number of benzene rings is 1. The highest BCUT2D eigenvalue weighted by atomic mass is 16.5. The average Bonchev–Trinajstić information content (AvgIpc) is 3.25. The third-order valence-corrected chi connectivity index (χ3v) is 3.96. The Kier molecular flexibility index (Phi) is 4.10. The molecule has 1 saturated heterocycles. The van der Waals surface area contributed by atoms with Gasteiger partial charge in [0.25, 0.3) is 5.89 Å². The predicted molar refractivity (Wildman–Crippen MR) is 84.9 cm³/mol. The molecule has 0 bridgehead atoms. The molecule has 1 aliphatic rings. The van der Waals surface area contributed by atoms with Crippen LogP contribution in [0.2, 0.25) is 0 Å². The van der Waals surface area contributed by atoms with E-state index in [1.54, 1.807) is 0 Å². The minimum atomic E-state index is -0.205. The van der Waals surface area contributed by atoms with E-state index in [4.69, 9.17) is 13.8 Å². The van der Waals surface area contributed by atoms with Crippen molar-refractivity contribution in [3.8, 4) is 11.5 Å². The van der Waals surface area contributed by atoms with Crippen molar-refractivity contribution in [3.63, 3.8) is 0 Å². The van der Waals surface area contributed by atoms with Crippen molar-refractivity contribution >= 4 is 0 Å². The lowest BCUT2D eigenvalue weighted by Gasteiger charge is -2.30. The zero-order valence-electron chi connectivity index (χ0n) is 13.4. The van der Waals surface area contributed by atoms with E-state index >= 15 is 0 Å². The summed E-state index contributed by atoms with van der Waals surface area (Å²) in [5, 5.41) is 8.01. The molecule has 7 nitrogen and oxygen atoms in total. The van der Waals surface area contributed by atoms with E-state index in [0.29, 0.717) is 31.4 Å². The van der Waals surface area contributed by atoms with Crippen LogP contribution in [0.3, 0.4) is 0 Å². The molecule has 0 N–H and O–H groups in total. The minimum absolute atomic E-state index is 0.205. The van der Waals surface area contributed by atoms with Gasteiger partial charge in [0.05, 0.1) is 18.8 Å². The fraction of sp³-hybridized carbons (Fsp3) is 0.353. The summed E-state index contributed by atoms with van der Waals surface area (Å²) >= 11 is 0. The summed E-state index contributed by atoms with van der Waals surface area (Å²) in [6.07, 6.45) is -0.205. The summed E-state index contributed by atoms with van der Waals surface area (Å²) in [4.78, 5) is 6.73. The molecular weight excluding hydrogens is 308 g/mol. The van der Waals surface area contributed by atoms with Crippen LogP contribution in [0, 0.1) is 6.92 Å². The normalized spacial score (nSPS) is 18.8. The molecule has 0 amide bonds. The Balaban J connectivity index is 1.45. The van der Waals surface area contributed by atoms with Crippen molar-refractivity contribution in [2.45, 2.75) is 19.6 Å². The van der Waals surface area contributed by atoms with Crippen LogP contribution < -0.4 is 0 Å². The van der Waals surface area contributed by atoms with Crippen molar-refractivity contribution in [2.24, 2.45) is 0 Å². The number of ether oxygens (including phenoxy) is 1. The zero-order valence-corrected chi connectivity index (χ0v) is 13.4. The molecule has 124 valence electrons. The number of nitrogens with zero attached hydrogens (tertiary/aromatic N) is 4. The highest BCUT2D eigenvalue weighted by molar-refractivity contribution is 5.52. The van der Waals surface area contributed by atoms with Gasteiger partial charge in [0.1, 0.15) is 6.10 Å². The standard InChI is InChI=1S/C17H18N4O3/c1-12-9-14(23-19-12)10-21-7-8-22-15(11-21)16-18-17(24-20-16)13-5-3-2-4-6-13/h2-6,9,15H,7-8,10-11H2,1H3. The summed E-state index contributed by atoms with van der Waals surface area (Å²) in [5.74, 6) is 1.94. The lowest BCUT2D eigenvalue weighted by molar-refractivity contribution is -0.0401. The molecule has 4 rings (SSSR count). The molecule has 2 aromatic heterocycles. The average molecular weight is 326 g/mol. The Labute approximate surface area is 139 Å². The van der Waals surface area contributed by atoms with E-state index in [-0.39, 0.29) is 6.10 Å². The minimum Gasteiger partial charge on any atom is -0.367 e. The monoisotopic (exact) mass is 326 g/mol. The number of hydrogen-bond donors (Lipinski definition) is 0. The maximum atomic E-state index is 5.81. The SMILES string of the molecule is Cc1cc(CN2CCOC(c3noc(-c4ccccc4)n3)C2)on1. The van der Waals surface area contributed by atoms with Crippen molar-refractivity contribution in [1.29, 1.82) is 0 Å². The molecule has 0 aliphatic carbocycles. The summed E-state index contributed by atoms with van der Waals surface area (Å²) in [6, 6.07) is 11.7. The largest absolute Gasteiger partial charge is 0.367 e. The molecule has 1 aromatic carbocycles. The van der Waals surface area contributed by atoms with E-state index in [0.717, 1.165) is 23.6 Å². The van der Waals surface area contributed by atoms with Gasteiger partial charge in [0.2, 0.25) is 5.82 Å². The third kappa shape index (κ3) is 3.22. The van der Waals surface area contributed by atoms with Crippen LogP contribution in [0.1, 0.15) is 23.4 Å². The molecular formula is C17H18N4O3. The Morgan fingerprint density at radius 1 is 1.17 bits per heavy atom. The van der Waals surface area contributed by atoms with Gasteiger partial charge in [-0.2, -0.15) is 4.98 Å². The number of morpholine rings is 1. The van der Waals surface area contributed by atoms with E-state index in [1.165, 1.54) is 0 Å². The van der Waals surface area contributed by atoms with E-state index < -0.39 is 0 Å². The quantitative estimate of drug-likeness (QED) is 0.729.